The van der Waals surface area contributed by atoms with E-state index in [1.807, 2.05) is 13.0 Å². The summed E-state index contributed by atoms with van der Waals surface area (Å²) < 4.78 is 34.4. The van der Waals surface area contributed by atoms with E-state index in [-0.39, 0.29) is 40.1 Å². The van der Waals surface area contributed by atoms with Crippen molar-refractivity contribution >= 4 is 74.1 Å². The fraction of sp³-hybridized carbons (Fsp3) is 0.103. The third-order valence-corrected chi connectivity index (χ3v) is 9.00. The van der Waals surface area contributed by atoms with E-state index in [0.29, 0.717) is 26.3 Å². The average Bonchev–Trinajstić information content (AvgIpc) is 3.37. The third kappa shape index (κ3) is 7.72. The Bertz CT molecular complexity index is 1780. The van der Waals surface area contributed by atoms with Gasteiger partial charge in [0.2, 0.25) is 10.0 Å². The van der Waals surface area contributed by atoms with Crippen LogP contribution >= 0.6 is 46.4 Å². The van der Waals surface area contributed by atoms with Gasteiger partial charge in [-0.1, -0.05) is 70.2 Å². The maximum Gasteiger partial charge on any atom is 0.266 e. The summed E-state index contributed by atoms with van der Waals surface area (Å²) in [7, 11) is -3.98. The number of hydrogen-bond donors (Lipinski definition) is 1. The Labute approximate surface area is 257 Å². The highest BCUT2D eigenvalue weighted by atomic mass is 35.5. The summed E-state index contributed by atoms with van der Waals surface area (Å²) in [6.07, 6.45) is 1.26. The van der Waals surface area contributed by atoms with Crippen molar-refractivity contribution < 1.29 is 17.6 Å². The molecule has 0 bridgehead atoms. The fourth-order valence-electron chi connectivity index (χ4n) is 3.72. The smallest absolute Gasteiger partial charge is 0.266 e. The van der Waals surface area contributed by atoms with Crippen molar-refractivity contribution in [2.75, 3.05) is 5.32 Å². The third-order valence-electron chi connectivity index (χ3n) is 5.86. The van der Waals surface area contributed by atoms with E-state index in [1.165, 1.54) is 46.8 Å². The molecule has 0 aliphatic rings. The standard InChI is InChI=1S/C29H21Cl4N3O4S/c1-18-2-9-25(10-3-18)41(38,39)36(16-19-4-5-21(30)13-27(19)32)17-24-8-7-23(40-24)12-20(15-34)29(37)35-22-6-11-26(31)28(33)14-22/h2-14H,16-17H2,1H3,(H,35,37)/b20-12-. The lowest BCUT2D eigenvalue weighted by molar-refractivity contribution is -0.112. The van der Waals surface area contributed by atoms with Crippen LogP contribution in [-0.2, 0) is 27.9 Å². The molecule has 0 spiro atoms. The van der Waals surface area contributed by atoms with E-state index in [0.717, 1.165) is 5.56 Å². The minimum absolute atomic E-state index is 0.0619. The Balaban J connectivity index is 1.60. The van der Waals surface area contributed by atoms with Gasteiger partial charge in [-0.15, -0.1) is 0 Å². The first-order valence-corrected chi connectivity index (χ1v) is 14.9. The molecule has 0 aliphatic carbocycles. The molecule has 4 aromatic rings. The Morgan fingerprint density at radius 2 is 1.66 bits per heavy atom. The second kappa shape index (κ2) is 13.1. The minimum atomic E-state index is -3.98. The van der Waals surface area contributed by atoms with E-state index >= 15 is 0 Å². The first-order valence-electron chi connectivity index (χ1n) is 11.9. The Morgan fingerprint density at radius 1 is 0.927 bits per heavy atom. The highest BCUT2D eigenvalue weighted by Gasteiger charge is 2.27. The normalized spacial score (nSPS) is 11.9. The van der Waals surface area contributed by atoms with E-state index in [9.17, 15) is 18.5 Å². The summed E-state index contributed by atoms with van der Waals surface area (Å²) in [6, 6.07) is 20.8. The first-order chi connectivity index (χ1) is 19.5. The summed E-state index contributed by atoms with van der Waals surface area (Å²) in [4.78, 5) is 12.8. The quantitative estimate of drug-likeness (QED) is 0.146. The maximum atomic E-state index is 13.7. The van der Waals surface area contributed by atoms with Crippen molar-refractivity contribution in [2.24, 2.45) is 0 Å². The number of nitrogens with one attached hydrogen (secondary N) is 1. The molecule has 0 unspecified atom stereocenters. The van der Waals surface area contributed by atoms with Crippen LogP contribution in [0.25, 0.3) is 6.08 Å². The Kier molecular flexibility index (Phi) is 9.82. The molecular weight excluding hydrogens is 628 g/mol. The topological polar surface area (TPSA) is 103 Å². The molecule has 1 amide bonds. The number of anilines is 1. The van der Waals surface area contributed by atoms with Crippen LogP contribution in [0.2, 0.25) is 20.1 Å². The molecule has 0 fully saturated rings. The van der Waals surface area contributed by atoms with Crippen molar-refractivity contribution in [2.45, 2.75) is 24.9 Å². The lowest BCUT2D eigenvalue weighted by Gasteiger charge is -2.22. The largest absolute Gasteiger partial charge is 0.460 e. The number of amides is 1. The van der Waals surface area contributed by atoms with Crippen LogP contribution in [0, 0.1) is 18.3 Å². The van der Waals surface area contributed by atoms with Gasteiger partial charge in [0.25, 0.3) is 5.91 Å². The lowest BCUT2D eigenvalue weighted by Crippen LogP contribution is -2.30. The number of rotatable bonds is 9. The monoisotopic (exact) mass is 647 g/mol. The van der Waals surface area contributed by atoms with Gasteiger partial charge in [-0.3, -0.25) is 4.79 Å². The number of halogens is 4. The van der Waals surface area contributed by atoms with Gasteiger partial charge in [0.15, 0.2) is 0 Å². The number of nitrogens with zero attached hydrogens (tertiary/aromatic N) is 2. The summed E-state index contributed by atoms with van der Waals surface area (Å²) in [5.74, 6) is -0.234. The van der Waals surface area contributed by atoms with Crippen LogP contribution in [0.1, 0.15) is 22.6 Å². The number of carbonyl (C=O) groups is 1. The predicted octanol–water partition coefficient (Wildman–Crippen LogP) is 8.14. The molecule has 41 heavy (non-hydrogen) atoms. The zero-order chi connectivity index (χ0) is 29.7. The minimum Gasteiger partial charge on any atom is -0.460 e. The number of sulfonamides is 1. The van der Waals surface area contributed by atoms with Crippen LogP contribution in [-0.4, -0.2) is 18.6 Å². The second-order valence-corrected chi connectivity index (χ2v) is 12.5. The van der Waals surface area contributed by atoms with Gasteiger partial charge in [0, 0.05) is 28.4 Å². The Morgan fingerprint density at radius 3 is 2.32 bits per heavy atom. The number of furan rings is 1. The molecule has 0 atom stereocenters. The molecule has 4 rings (SSSR count). The van der Waals surface area contributed by atoms with Crippen molar-refractivity contribution in [3.05, 3.63) is 121 Å². The Hall–Kier alpha value is -3.29. The van der Waals surface area contributed by atoms with Gasteiger partial charge in [-0.2, -0.15) is 9.57 Å². The van der Waals surface area contributed by atoms with Crippen LogP contribution in [0.3, 0.4) is 0 Å². The molecule has 0 radical (unpaired) electrons. The van der Waals surface area contributed by atoms with Gasteiger partial charge >= 0.3 is 0 Å². The van der Waals surface area contributed by atoms with Gasteiger partial charge in [0.05, 0.1) is 21.5 Å². The molecule has 1 heterocycles. The van der Waals surface area contributed by atoms with E-state index < -0.39 is 15.9 Å². The van der Waals surface area contributed by atoms with Crippen molar-refractivity contribution in [1.29, 1.82) is 5.26 Å². The molecular formula is C29H21Cl4N3O4S. The predicted molar refractivity (Wildman–Crippen MR) is 161 cm³/mol. The molecule has 0 saturated carbocycles. The summed E-state index contributed by atoms with van der Waals surface area (Å²) in [6.45, 7) is 1.65. The van der Waals surface area contributed by atoms with Gasteiger partial charge in [-0.25, -0.2) is 8.42 Å². The molecule has 0 aliphatic heterocycles. The molecule has 0 saturated heterocycles. The number of nitriles is 1. The van der Waals surface area contributed by atoms with Crippen LogP contribution < -0.4 is 5.32 Å². The number of carbonyl (C=O) groups excluding carboxylic acids is 1. The second-order valence-electron chi connectivity index (χ2n) is 8.88. The molecule has 3 aromatic carbocycles. The van der Waals surface area contributed by atoms with E-state index in [4.69, 9.17) is 50.8 Å². The zero-order valence-electron chi connectivity index (χ0n) is 21.4. The molecule has 7 nitrogen and oxygen atoms in total. The molecule has 12 heteroatoms. The van der Waals surface area contributed by atoms with Gasteiger partial charge < -0.3 is 9.73 Å². The number of aryl methyl sites for hydroxylation is 1. The van der Waals surface area contributed by atoms with Crippen molar-refractivity contribution in [3.63, 3.8) is 0 Å². The highest BCUT2D eigenvalue weighted by molar-refractivity contribution is 7.89. The summed E-state index contributed by atoms with van der Waals surface area (Å²) in [5, 5.41) is 13.4. The van der Waals surface area contributed by atoms with Gasteiger partial charge in [-0.05, 0) is 67.1 Å². The maximum absolute atomic E-state index is 13.7. The molecule has 1 aromatic heterocycles. The van der Waals surface area contributed by atoms with Gasteiger partial charge in [0.1, 0.15) is 23.2 Å². The lowest BCUT2D eigenvalue weighted by atomic mass is 10.2. The number of benzene rings is 3. The van der Waals surface area contributed by atoms with Crippen LogP contribution in [0.15, 0.2) is 87.7 Å². The zero-order valence-corrected chi connectivity index (χ0v) is 25.2. The van der Waals surface area contributed by atoms with Crippen LogP contribution in [0.5, 0.6) is 0 Å². The first kappa shape index (κ1) is 30.7. The van der Waals surface area contributed by atoms with E-state index in [2.05, 4.69) is 5.32 Å². The van der Waals surface area contributed by atoms with Crippen LogP contribution in [0.4, 0.5) is 5.69 Å². The van der Waals surface area contributed by atoms with Crippen molar-refractivity contribution in [1.82, 2.24) is 4.31 Å². The number of hydrogen-bond acceptors (Lipinski definition) is 5. The average molecular weight is 649 g/mol. The summed E-state index contributed by atoms with van der Waals surface area (Å²) >= 11 is 24.3. The SMILES string of the molecule is Cc1ccc(S(=O)(=O)N(Cc2ccc(/C=C(/C#N)C(=O)Nc3ccc(Cl)c(Cl)c3)o2)Cc2ccc(Cl)cc2Cl)cc1. The molecule has 210 valence electrons. The summed E-state index contributed by atoms with van der Waals surface area (Å²) in [5.41, 5.74) is 1.57. The fourth-order valence-corrected chi connectivity index (χ4v) is 5.87. The van der Waals surface area contributed by atoms with E-state index in [1.54, 1.807) is 36.4 Å². The van der Waals surface area contributed by atoms with Crippen molar-refractivity contribution in [3.8, 4) is 6.07 Å². The molecule has 1 N–H and O–H groups in total. The highest BCUT2D eigenvalue weighted by Crippen LogP contribution is 2.28.